The second-order valence-corrected chi connectivity index (χ2v) is 4.90. The number of rotatable bonds is 1. The summed E-state index contributed by atoms with van der Waals surface area (Å²) in [5, 5.41) is 3.63. The van der Waals surface area contributed by atoms with Crippen LogP contribution in [0.2, 0.25) is 0 Å². The fraction of sp³-hybridized carbons (Fsp3) is 0.571. The summed E-state index contributed by atoms with van der Waals surface area (Å²) in [5.74, 6) is 0.765. The van der Waals surface area contributed by atoms with Crippen LogP contribution in [0.25, 0.3) is 0 Å². The molecule has 1 fully saturated rings. The molecule has 0 amide bonds. The van der Waals surface area contributed by atoms with Crippen LogP contribution >= 0.6 is 0 Å². The van der Waals surface area contributed by atoms with Gasteiger partial charge in [0.05, 0.1) is 0 Å². The van der Waals surface area contributed by atoms with Gasteiger partial charge >= 0.3 is 0 Å². The molecule has 0 radical (unpaired) electrons. The van der Waals surface area contributed by atoms with Gasteiger partial charge in [-0.15, -0.1) is 0 Å². The average Bonchev–Trinajstić information content (AvgIpc) is 2.23. The van der Waals surface area contributed by atoms with E-state index in [1.165, 1.54) is 36.1 Å². The Labute approximate surface area is 92.9 Å². The van der Waals surface area contributed by atoms with Crippen LogP contribution < -0.4 is 5.32 Å². The van der Waals surface area contributed by atoms with E-state index >= 15 is 0 Å². The Kier molecular flexibility index (Phi) is 3.11. The summed E-state index contributed by atoms with van der Waals surface area (Å²) < 4.78 is 0. The van der Waals surface area contributed by atoms with Gasteiger partial charge in [-0.2, -0.15) is 0 Å². The zero-order chi connectivity index (χ0) is 10.8. The van der Waals surface area contributed by atoms with Crippen LogP contribution in [0.1, 0.15) is 42.5 Å². The lowest BCUT2D eigenvalue weighted by Crippen LogP contribution is -2.32. The first-order valence-corrected chi connectivity index (χ1v) is 5.99. The molecule has 15 heavy (non-hydrogen) atoms. The molecular formula is C14H21N. The van der Waals surface area contributed by atoms with E-state index in [-0.39, 0.29) is 0 Å². The van der Waals surface area contributed by atoms with Crippen LogP contribution in [0, 0.1) is 19.8 Å². The maximum atomic E-state index is 3.63. The first kappa shape index (κ1) is 10.7. The zero-order valence-corrected chi connectivity index (χ0v) is 10.0. The summed E-state index contributed by atoms with van der Waals surface area (Å²) in [6, 6.07) is 7.43. The monoisotopic (exact) mass is 203 g/mol. The molecule has 1 heterocycles. The van der Waals surface area contributed by atoms with Crippen molar-refractivity contribution in [1.82, 2.24) is 5.32 Å². The van der Waals surface area contributed by atoms with Crippen LogP contribution in [-0.2, 0) is 0 Å². The van der Waals surface area contributed by atoms with Crippen molar-refractivity contribution in [3.05, 3.63) is 34.9 Å². The van der Waals surface area contributed by atoms with Gasteiger partial charge in [0, 0.05) is 6.04 Å². The zero-order valence-electron chi connectivity index (χ0n) is 10.0. The molecule has 1 aliphatic heterocycles. The molecule has 0 bridgehead atoms. The molecule has 0 spiro atoms. The minimum atomic E-state index is 0.568. The molecule has 1 saturated heterocycles. The summed E-state index contributed by atoms with van der Waals surface area (Å²) in [5.41, 5.74) is 4.26. The lowest BCUT2D eigenvalue weighted by atomic mass is 9.87. The van der Waals surface area contributed by atoms with E-state index < -0.39 is 0 Å². The second kappa shape index (κ2) is 4.36. The minimum absolute atomic E-state index is 0.568. The fourth-order valence-electron chi connectivity index (χ4n) is 2.45. The van der Waals surface area contributed by atoms with E-state index in [9.17, 15) is 0 Å². The Bertz CT molecular complexity index is 343. The molecule has 0 saturated carbocycles. The third kappa shape index (κ3) is 2.23. The third-order valence-corrected chi connectivity index (χ3v) is 3.66. The molecule has 2 atom stereocenters. The van der Waals surface area contributed by atoms with E-state index in [0.29, 0.717) is 6.04 Å². The van der Waals surface area contributed by atoms with Crippen molar-refractivity contribution in [3.63, 3.8) is 0 Å². The molecule has 1 N–H and O–H groups in total. The number of piperidine rings is 1. The highest BCUT2D eigenvalue weighted by Crippen LogP contribution is 2.29. The molecule has 2 unspecified atom stereocenters. The standard InChI is InChI=1S/C14H21N/c1-10-6-7-13(9-12(10)3)14-11(2)5-4-8-15-14/h6-7,9,11,14-15H,4-5,8H2,1-3H3. The van der Waals surface area contributed by atoms with Gasteiger partial charge in [-0.05, 0) is 55.8 Å². The lowest BCUT2D eigenvalue weighted by molar-refractivity contribution is 0.306. The van der Waals surface area contributed by atoms with Gasteiger partial charge in [-0.25, -0.2) is 0 Å². The molecule has 82 valence electrons. The predicted octanol–water partition coefficient (Wildman–Crippen LogP) is 3.36. The molecule has 0 aromatic heterocycles. The van der Waals surface area contributed by atoms with Gasteiger partial charge in [0.2, 0.25) is 0 Å². The first-order valence-electron chi connectivity index (χ1n) is 5.99. The molecular weight excluding hydrogens is 182 g/mol. The highest BCUT2D eigenvalue weighted by atomic mass is 14.9. The highest BCUT2D eigenvalue weighted by Gasteiger charge is 2.22. The van der Waals surface area contributed by atoms with Crippen LogP contribution in [-0.4, -0.2) is 6.54 Å². The SMILES string of the molecule is Cc1ccc(C2NCCCC2C)cc1C. The maximum absolute atomic E-state index is 3.63. The Balaban J connectivity index is 2.24. The van der Waals surface area contributed by atoms with Crippen LogP contribution in [0.5, 0.6) is 0 Å². The average molecular weight is 203 g/mol. The van der Waals surface area contributed by atoms with E-state index in [1.807, 2.05) is 0 Å². The maximum Gasteiger partial charge on any atom is 0.0346 e. The number of nitrogens with one attached hydrogen (secondary N) is 1. The number of hydrogen-bond acceptors (Lipinski definition) is 1. The molecule has 0 aliphatic carbocycles. The quantitative estimate of drug-likeness (QED) is 0.738. The van der Waals surface area contributed by atoms with Crippen molar-refractivity contribution >= 4 is 0 Å². The third-order valence-electron chi connectivity index (χ3n) is 3.66. The summed E-state index contributed by atoms with van der Waals surface area (Å²) in [6.45, 7) is 7.90. The van der Waals surface area contributed by atoms with Crippen molar-refractivity contribution in [2.45, 2.75) is 39.7 Å². The highest BCUT2D eigenvalue weighted by molar-refractivity contribution is 5.32. The van der Waals surface area contributed by atoms with E-state index in [2.05, 4.69) is 44.3 Å². The minimum Gasteiger partial charge on any atom is -0.310 e. The van der Waals surface area contributed by atoms with E-state index in [0.717, 1.165) is 5.92 Å². The van der Waals surface area contributed by atoms with Gasteiger partial charge in [0.15, 0.2) is 0 Å². The van der Waals surface area contributed by atoms with Crippen molar-refractivity contribution < 1.29 is 0 Å². The van der Waals surface area contributed by atoms with Crippen LogP contribution in [0.4, 0.5) is 0 Å². The van der Waals surface area contributed by atoms with Crippen molar-refractivity contribution in [3.8, 4) is 0 Å². The smallest absolute Gasteiger partial charge is 0.0346 e. The normalized spacial score (nSPS) is 26.6. The predicted molar refractivity (Wildman–Crippen MR) is 65.1 cm³/mol. The molecule has 1 aromatic rings. The Morgan fingerprint density at radius 1 is 1.20 bits per heavy atom. The topological polar surface area (TPSA) is 12.0 Å². The number of hydrogen-bond donors (Lipinski definition) is 1. The van der Waals surface area contributed by atoms with Crippen LogP contribution in [0.3, 0.4) is 0 Å². The second-order valence-electron chi connectivity index (χ2n) is 4.90. The van der Waals surface area contributed by atoms with Crippen molar-refractivity contribution in [1.29, 1.82) is 0 Å². The molecule has 1 aliphatic rings. The molecule has 1 nitrogen and oxygen atoms in total. The summed E-state index contributed by atoms with van der Waals surface area (Å²) in [7, 11) is 0. The molecule has 1 aromatic carbocycles. The van der Waals surface area contributed by atoms with Gasteiger partial charge in [-0.1, -0.05) is 25.1 Å². The number of benzene rings is 1. The van der Waals surface area contributed by atoms with Gasteiger partial charge < -0.3 is 5.32 Å². The summed E-state index contributed by atoms with van der Waals surface area (Å²) >= 11 is 0. The van der Waals surface area contributed by atoms with Gasteiger partial charge in [-0.3, -0.25) is 0 Å². The van der Waals surface area contributed by atoms with Crippen molar-refractivity contribution in [2.24, 2.45) is 5.92 Å². The molecule has 2 rings (SSSR count). The van der Waals surface area contributed by atoms with Crippen molar-refractivity contribution in [2.75, 3.05) is 6.54 Å². The summed E-state index contributed by atoms with van der Waals surface area (Å²) in [6.07, 6.45) is 2.67. The lowest BCUT2D eigenvalue weighted by Gasteiger charge is -2.30. The Morgan fingerprint density at radius 2 is 2.00 bits per heavy atom. The summed E-state index contributed by atoms with van der Waals surface area (Å²) in [4.78, 5) is 0. The van der Waals surface area contributed by atoms with Gasteiger partial charge in [0.1, 0.15) is 0 Å². The van der Waals surface area contributed by atoms with Gasteiger partial charge in [0.25, 0.3) is 0 Å². The fourth-order valence-corrected chi connectivity index (χ4v) is 2.45. The number of aryl methyl sites for hydroxylation is 2. The largest absolute Gasteiger partial charge is 0.310 e. The van der Waals surface area contributed by atoms with E-state index in [1.54, 1.807) is 0 Å². The Hall–Kier alpha value is -0.820. The Morgan fingerprint density at radius 3 is 2.67 bits per heavy atom. The molecule has 1 heteroatoms. The first-order chi connectivity index (χ1) is 7.18. The van der Waals surface area contributed by atoms with E-state index in [4.69, 9.17) is 0 Å². The van der Waals surface area contributed by atoms with Crippen LogP contribution in [0.15, 0.2) is 18.2 Å².